The monoisotopic (exact) mass is 327 g/mol. The van der Waals surface area contributed by atoms with Crippen molar-refractivity contribution in [2.24, 2.45) is 0 Å². The molecule has 0 radical (unpaired) electrons. The fraction of sp³-hybridized carbons (Fsp3) is 0.250. The Morgan fingerprint density at radius 1 is 1.14 bits per heavy atom. The minimum absolute atomic E-state index is 0.0893. The quantitative estimate of drug-likeness (QED) is 0.787. The van der Waals surface area contributed by atoms with Crippen molar-refractivity contribution in [1.82, 2.24) is 5.32 Å². The molecule has 0 saturated heterocycles. The van der Waals surface area contributed by atoms with Crippen molar-refractivity contribution in [3.8, 4) is 5.75 Å². The van der Waals surface area contributed by atoms with Gasteiger partial charge in [0, 0.05) is 23.2 Å². The molecule has 3 N–H and O–H groups in total. The largest absolute Gasteiger partial charge is 0.508 e. The van der Waals surface area contributed by atoms with Gasteiger partial charge in [-0.3, -0.25) is 0 Å². The summed E-state index contributed by atoms with van der Waals surface area (Å²) in [5.74, 6) is -1.87. The Morgan fingerprint density at radius 2 is 1.86 bits per heavy atom. The van der Waals surface area contributed by atoms with E-state index in [0.29, 0.717) is 10.6 Å². The van der Waals surface area contributed by atoms with E-state index in [2.05, 4.69) is 5.32 Å². The molecule has 2 rings (SSSR count). The third-order valence-corrected chi connectivity index (χ3v) is 3.65. The van der Waals surface area contributed by atoms with Crippen LogP contribution in [0.2, 0.25) is 5.02 Å². The average molecular weight is 328 g/mol. The number of aliphatic hydroxyl groups is 1. The van der Waals surface area contributed by atoms with E-state index in [4.69, 9.17) is 11.6 Å². The second kappa shape index (κ2) is 7.05. The van der Waals surface area contributed by atoms with Gasteiger partial charge in [0.1, 0.15) is 5.75 Å². The Hall–Kier alpha value is -1.69. The SMILES string of the molecule is CC(NCc1cc(Cl)ccc1O)C(O)c1ccc(F)c(F)c1. The number of phenols is 1. The Kier molecular flexibility index (Phi) is 5.34. The summed E-state index contributed by atoms with van der Waals surface area (Å²) in [5.41, 5.74) is 0.853. The van der Waals surface area contributed by atoms with Crippen LogP contribution in [0, 0.1) is 11.6 Å². The minimum atomic E-state index is -1.02. The smallest absolute Gasteiger partial charge is 0.159 e. The van der Waals surface area contributed by atoms with Crippen molar-refractivity contribution in [2.45, 2.75) is 25.6 Å². The molecule has 2 unspecified atom stereocenters. The lowest BCUT2D eigenvalue weighted by atomic mass is 10.0. The molecule has 3 nitrogen and oxygen atoms in total. The molecule has 0 aromatic heterocycles. The van der Waals surface area contributed by atoms with Crippen LogP contribution in [-0.2, 0) is 6.54 Å². The molecule has 0 fully saturated rings. The number of phenolic OH excluding ortho intramolecular Hbond substituents is 1. The number of aliphatic hydroxyl groups excluding tert-OH is 1. The molecule has 0 aliphatic carbocycles. The van der Waals surface area contributed by atoms with Gasteiger partial charge in [-0.05, 0) is 42.8 Å². The van der Waals surface area contributed by atoms with Gasteiger partial charge in [-0.15, -0.1) is 0 Å². The molecule has 2 aromatic rings. The number of rotatable bonds is 5. The second-order valence-electron chi connectivity index (χ2n) is 5.06. The van der Waals surface area contributed by atoms with Crippen LogP contribution >= 0.6 is 11.6 Å². The molecule has 0 spiro atoms. The van der Waals surface area contributed by atoms with Gasteiger partial charge in [-0.25, -0.2) is 8.78 Å². The standard InChI is InChI=1S/C16H16ClF2NO2/c1-9(16(22)10-2-4-13(18)14(19)7-10)20-8-11-6-12(17)3-5-15(11)21/h2-7,9,16,20-22H,8H2,1H3. The summed E-state index contributed by atoms with van der Waals surface area (Å²) in [4.78, 5) is 0. The molecule has 2 aromatic carbocycles. The summed E-state index contributed by atoms with van der Waals surface area (Å²) in [7, 11) is 0. The Morgan fingerprint density at radius 3 is 2.55 bits per heavy atom. The first-order valence-corrected chi connectivity index (χ1v) is 7.10. The lowest BCUT2D eigenvalue weighted by Crippen LogP contribution is -2.31. The molecular formula is C16H16ClF2NO2. The zero-order chi connectivity index (χ0) is 16.3. The summed E-state index contributed by atoms with van der Waals surface area (Å²) in [5, 5.41) is 23.4. The van der Waals surface area contributed by atoms with Crippen LogP contribution < -0.4 is 5.32 Å². The van der Waals surface area contributed by atoms with Crippen molar-refractivity contribution in [1.29, 1.82) is 0 Å². The van der Waals surface area contributed by atoms with E-state index >= 15 is 0 Å². The van der Waals surface area contributed by atoms with E-state index in [9.17, 15) is 19.0 Å². The Bertz CT molecular complexity index is 667. The molecule has 118 valence electrons. The van der Waals surface area contributed by atoms with Crippen molar-refractivity contribution in [2.75, 3.05) is 0 Å². The van der Waals surface area contributed by atoms with Gasteiger partial charge < -0.3 is 15.5 Å². The van der Waals surface area contributed by atoms with Gasteiger partial charge in [0.25, 0.3) is 0 Å². The lowest BCUT2D eigenvalue weighted by molar-refractivity contribution is 0.134. The Balaban J connectivity index is 2.03. The van der Waals surface area contributed by atoms with Crippen LogP contribution in [0.3, 0.4) is 0 Å². The lowest BCUT2D eigenvalue weighted by Gasteiger charge is -2.21. The molecule has 22 heavy (non-hydrogen) atoms. The van der Waals surface area contributed by atoms with Gasteiger partial charge in [0.05, 0.1) is 6.10 Å². The minimum Gasteiger partial charge on any atom is -0.508 e. The van der Waals surface area contributed by atoms with E-state index in [1.54, 1.807) is 19.1 Å². The number of nitrogens with one attached hydrogen (secondary N) is 1. The van der Waals surface area contributed by atoms with E-state index in [0.717, 1.165) is 12.1 Å². The maximum atomic E-state index is 13.2. The van der Waals surface area contributed by atoms with Crippen LogP contribution in [0.1, 0.15) is 24.2 Å². The molecule has 0 amide bonds. The predicted molar refractivity (Wildman–Crippen MR) is 80.7 cm³/mol. The summed E-state index contributed by atoms with van der Waals surface area (Å²) in [6, 6.07) is 7.50. The number of benzene rings is 2. The maximum absolute atomic E-state index is 13.2. The fourth-order valence-corrected chi connectivity index (χ4v) is 2.26. The number of aromatic hydroxyl groups is 1. The number of halogens is 3. The van der Waals surface area contributed by atoms with Crippen molar-refractivity contribution >= 4 is 11.6 Å². The number of hydrogen-bond acceptors (Lipinski definition) is 3. The first-order chi connectivity index (χ1) is 10.4. The zero-order valence-electron chi connectivity index (χ0n) is 11.9. The first-order valence-electron chi connectivity index (χ1n) is 6.72. The van der Waals surface area contributed by atoms with Gasteiger partial charge in [-0.2, -0.15) is 0 Å². The maximum Gasteiger partial charge on any atom is 0.159 e. The third kappa shape index (κ3) is 3.94. The molecule has 2 atom stereocenters. The molecule has 0 heterocycles. The van der Waals surface area contributed by atoms with Crippen LogP contribution in [0.15, 0.2) is 36.4 Å². The van der Waals surface area contributed by atoms with Crippen molar-refractivity contribution in [3.05, 3.63) is 64.2 Å². The molecule has 0 saturated carbocycles. The van der Waals surface area contributed by atoms with E-state index in [-0.39, 0.29) is 17.9 Å². The summed E-state index contributed by atoms with van der Waals surface area (Å²) in [6.07, 6.45) is -1.02. The van der Waals surface area contributed by atoms with Gasteiger partial charge in [0.15, 0.2) is 11.6 Å². The normalized spacial score (nSPS) is 13.9. The number of hydrogen-bond donors (Lipinski definition) is 3. The fourth-order valence-electron chi connectivity index (χ4n) is 2.06. The summed E-state index contributed by atoms with van der Waals surface area (Å²) >= 11 is 5.86. The third-order valence-electron chi connectivity index (χ3n) is 3.41. The van der Waals surface area contributed by atoms with Gasteiger partial charge in [-0.1, -0.05) is 17.7 Å². The van der Waals surface area contributed by atoms with Crippen molar-refractivity contribution in [3.63, 3.8) is 0 Å². The van der Waals surface area contributed by atoms with Crippen LogP contribution in [-0.4, -0.2) is 16.3 Å². The summed E-state index contributed by atoms with van der Waals surface area (Å²) < 4.78 is 26.1. The molecule has 0 bridgehead atoms. The van der Waals surface area contributed by atoms with Crippen LogP contribution in [0.4, 0.5) is 8.78 Å². The molecule has 6 heteroatoms. The average Bonchev–Trinajstić information content (AvgIpc) is 2.49. The van der Waals surface area contributed by atoms with Crippen LogP contribution in [0.5, 0.6) is 5.75 Å². The topological polar surface area (TPSA) is 52.5 Å². The molecular weight excluding hydrogens is 312 g/mol. The van der Waals surface area contributed by atoms with E-state index in [1.165, 1.54) is 12.1 Å². The highest BCUT2D eigenvalue weighted by Crippen LogP contribution is 2.23. The zero-order valence-corrected chi connectivity index (χ0v) is 12.6. The summed E-state index contributed by atoms with van der Waals surface area (Å²) in [6.45, 7) is 1.97. The van der Waals surface area contributed by atoms with Crippen molar-refractivity contribution < 1.29 is 19.0 Å². The van der Waals surface area contributed by atoms with Gasteiger partial charge >= 0.3 is 0 Å². The highest BCUT2D eigenvalue weighted by molar-refractivity contribution is 6.30. The van der Waals surface area contributed by atoms with E-state index in [1.807, 2.05) is 0 Å². The highest BCUT2D eigenvalue weighted by atomic mass is 35.5. The predicted octanol–water partition coefficient (Wildman–Crippen LogP) is 3.54. The second-order valence-corrected chi connectivity index (χ2v) is 5.50. The first kappa shape index (κ1) is 16.7. The Labute approximate surface area is 132 Å². The molecule has 0 aliphatic heterocycles. The van der Waals surface area contributed by atoms with E-state index < -0.39 is 23.8 Å². The van der Waals surface area contributed by atoms with Gasteiger partial charge in [0.2, 0.25) is 0 Å². The van der Waals surface area contributed by atoms with Crippen LogP contribution in [0.25, 0.3) is 0 Å². The highest BCUT2D eigenvalue weighted by Gasteiger charge is 2.18. The molecule has 0 aliphatic rings.